The number of carbonyl (C=O) groups excluding carboxylic acids is 1. The molecule has 0 saturated carbocycles. The van der Waals surface area contributed by atoms with Crippen LogP contribution < -0.4 is 9.47 Å². The maximum Gasteiger partial charge on any atom is 0.501 e. The number of carbonyl (C=O) groups is 2. The van der Waals surface area contributed by atoms with Crippen LogP contribution in [0.3, 0.4) is 0 Å². The lowest BCUT2D eigenvalue weighted by Crippen LogP contribution is -2.46. The van der Waals surface area contributed by atoms with Crippen LogP contribution in [0.15, 0.2) is 31.1 Å². The van der Waals surface area contributed by atoms with Crippen LogP contribution >= 0.6 is 137 Å². The van der Waals surface area contributed by atoms with E-state index in [4.69, 9.17) is 69.2 Å². The summed E-state index contributed by atoms with van der Waals surface area (Å²) in [6, 6.07) is 2.37. The molecule has 0 spiro atoms. The molecule has 0 fully saturated rings. The maximum atomic E-state index is 12.6. The van der Waals surface area contributed by atoms with Gasteiger partial charge in [-0.25, -0.2) is 4.79 Å². The van der Waals surface area contributed by atoms with Crippen molar-refractivity contribution in [1.82, 2.24) is 0 Å². The van der Waals surface area contributed by atoms with Crippen LogP contribution in [0, 0.1) is 7.14 Å². The Bertz CT molecular complexity index is 1600. The summed E-state index contributed by atoms with van der Waals surface area (Å²) < 4.78 is 33.9. The second-order valence-electron chi connectivity index (χ2n) is 9.13. The minimum Gasteiger partial charge on any atom is -0.491 e. The molecule has 0 radical (unpaired) electrons. The fourth-order valence-corrected chi connectivity index (χ4v) is 11.1. The lowest BCUT2D eigenvalue weighted by Gasteiger charge is -2.29. The van der Waals surface area contributed by atoms with Crippen LogP contribution in [0.2, 0.25) is 26.1 Å². The van der Waals surface area contributed by atoms with Crippen molar-refractivity contribution in [2.45, 2.75) is 33.2 Å². The summed E-state index contributed by atoms with van der Waals surface area (Å²) in [5.74, 6) is -0.0745. The molecule has 17 heteroatoms. The number of fused-ring (bicyclic) bond motifs is 1. The topological polar surface area (TPSA) is 101 Å². The highest BCUT2D eigenvalue weighted by atomic mass is 127. The van der Waals surface area contributed by atoms with E-state index in [1.54, 1.807) is 16.2 Å². The number of hydrogen-bond donors (Lipinski definition) is 1. The zero-order chi connectivity index (χ0) is 34.3. The summed E-state index contributed by atoms with van der Waals surface area (Å²) in [5, 5.41) is 9.60. The van der Waals surface area contributed by atoms with Crippen molar-refractivity contribution < 1.29 is 37.4 Å². The Morgan fingerprint density at radius 1 is 1.00 bits per heavy atom. The summed E-state index contributed by atoms with van der Waals surface area (Å²) >= 11 is 34.2. The summed E-state index contributed by atoms with van der Waals surface area (Å²) in [5.41, 5.74) is 0.894. The smallest absolute Gasteiger partial charge is 0.491 e. The van der Waals surface area contributed by atoms with Gasteiger partial charge in [-0.2, -0.15) is 0 Å². The van der Waals surface area contributed by atoms with Gasteiger partial charge in [0.05, 0.1) is 43.0 Å². The highest BCUT2D eigenvalue weighted by Gasteiger charge is 2.40. The molecule has 0 atom stereocenters. The normalized spacial score (nSPS) is 14.4. The average molecular weight is 1180 g/mol. The van der Waals surface area contributed by atoms with E-state index in [2.05, 4.69) is 45.2 Å². The van der Waals surface area contributed by atoms with E-state index in [9.17, 15) is 14.7 Å². The molecule has 1 aliphatic heterocycles. The SMILES string of the molecule is CCO[Si](CCCOc1c(I)cc2c(c1I)OC(=CI)C(C=C(I)C=O)=C2c1c(Cl)c(Cl)c(Cl)c(Cl)c1C(=O)O)(OCC)OCC. The Hall–Kier alpha value is 0.577. The van der Waals surface area contributed by atoms with Gasteiger partial charge >= 0.3 is 14.8 Å². The van der Waals surface area contributed by atoms with E-state index < -0.39 is 14.8 Å². The molecule has 0 aromatic heterocycles. The number of rotatable bonds is 15. The Morgan fingerprint density at radius 3 is 2.11 bits per heavy atom. The first-order valence-electron chi connectivity index (χ1n) is 13.5. The molecule has 0 unspecified atom stereocenters. The van der Waals surface area contributed by atoms with Gasteiger partial charge in [-0.1, -0.05) is 46.4 Å². The second-order valence-corrected chi connectivity index (χ2v) is 17.5. The number of aldehydes is 1. The van der Waals surface area contributed by atoms with Crippen LogP contribution in [0.5, 0.6) is 11.5 Å². The van der Waals surface area contributed by atoms with E-state index in [-0.39, 0.29) is 31.2 Å². The number of carboxylic acid groups (broad SMARTS) is 1. The number of ether oxygens (including phenoxy) is 2. The van der Waals surface area contributed by atoms with Crippen molar-refractivity contribution in [3.8, 4) is 11.5 Å². The predicted octanol–water partition coefficient (Wildman–Crippen LogP) is 11.0. The summed E-state index contributed by atoms with van der Waals surface area (Å²) in [4.78, 5) is 24.4. The molecule has 250 valence electrons. The lowest BCUT2D eigenvalue weighted by molar-refractivity contribution is -0.104. The third kappa shape index (κ3) is 9.08. The minimum absolute atomic E-state index is 0.0274. The first-order valence-corrected chi connectivity index (χ1v) is 21.5. The van der Waals surface area contributed by atoms with Crippen LogP contribution in [0.1, 0.15) is 48.7 Å². The maximum absolute atomic E-state index is 12.6. The molecular weight excluding hydrogens is 1150 g/mol. The first kappa shape index (κ1) is 41.0. The molecule has 0 aliphatic carbocycles. The number of halogens is 8. The van der Waals surface area contributed by atoms with E-state index in [1.165, 1.54) is 0 Å². The number of benzene rings is 2. The molecule has 1 aliphatic rings. The van der Waals surface area contributed by atoms with Gasteiger partial charge in [-0.3, -0.25) is 4.79 Å². The Balaban J connectivity index is 2.23. The molecule has 46 heavy (non-hydrogen) atoms. The summed E-state index contributed by atoms with van der Waals surface area (Å²) in [7, 11) is -2.85. The van der Waals surface area contributed by atoms with Gasteiger partial charge in [-0.05, 0) is 130 Å². The zero-order valence-electron chi connectivity index (χ0n) is 24.4. The molecular formula is C29H26Cl4I4O8Si. The van der Waals surface area contributed by atoms with Crippen LogP contribution in [0.4, 0.5) is 0 Å². The Kier molecular flexibility index (Phi) is 16.7. The Labute approximate surface area is 342 Å². The second kappa shape index (κ2) is 18.7. The number of carboxylic acids is 1. The third-order valence-corrected chi connectivity index (χ3v) is 14.2. The van der Waals surface area contributed by atoms with Gasteiger partial charge in [-0.15, -0.1) is 0 Å². The largest absolute Gasteiger partial charge is 0.501 e. The van der Waals surface area contributed by atoms with E-state index >= 15 is 0 Å². The van der Waals surface area contributed by atoms with Crippen molar-refractivity contribution in [2.75, 3.05) is 26.4 Å². The molecule has 0 saturated heterocycles. The van der Waals surface area contributed by atoms with Gasteiger partial charge in [0.15, 0.2) is 12.0 Å². The number of hydrogen-bond acceptors (Lipinski definition) is 7. The summed E-state index contributed by atoms with van der Waals surface area (Å²) in [6.45, 7) is 7.52. The predicted molar refractivity (Wildman–Crippen MR) is 218 cm³/mol. The van der Waals surface area contributed by atoms with Crippen molar-refractivity contribution >= 4 is 163 Å². The highest BCUT2D eigenvalue weighted by Crippen LogP contribution is 2.53. The fraction of sp³-hybridized carbons (Fsp3) is 0.310. The van der Waals surface area contributed by atoms with Gasteiger partial charge in [0, 0.05) is 52.2 Å². The van der Waals surface area contributed by atoms with E-state index in [1.807, 2.05) is 66.0 Å². The molecule has 2 aromatic rings. The highest BCUT2D eigenvalue weighted by molar-refractivity contribution is 14.1. The zero-order valence-corrected chi connectivity index (χ0v) is 37.0. The number of aromatic carboxylic acids is 1. The minimum atomic E-state index is -2.85. The molecule has 1 N–H and O–H groups in total. The number of allylic oxidation sites excluding steroid dienone is 2. The quantitative estimate of drug-likeness (QED) is 0.0358. The van der Waals surface area contributed by atoms with Crippen LogP contribution in [-0.2, 0) is 18.1 Å². The van der Waals surface area contributed by atoms with Gasteiger partial charge < -0.3 is 27.9 Å². The van der Waals surface area contributed by atoms with Crippen molar-refractivity contribution in [1.29, 1.82) is 0 Å². The molecule has 0 bridgehead atoms. The molecule has 0 amide bonds. The fourth-order valence-electron chi connectivity index (χ4n) is 4.63. The first-order chi connectivity index (χ1) is 21.8. The average Bonchev–Trinajstić information content (AvgIpc) is 3.01. The van der Waals surface area contributed by atoms with Crippen LogP contribution in [-0.4, -0.2) is 52.6 Å². The Morgan fingerprint density at radius 2 is 1.59 bits per heavy atom. The van der Waals surface area contributed by atoms with E-state index in [0.29, 0.717) is 89.9 Å². The van der Waals surface area contributed by atoms with Crippen molar-refractivity contribution in [3.63, 3.8) is 0 Å². The monoisotopic (exact) mass is 1180 g/mol. The molecule has 8 nitrogen and oxygen atoms in total. The van der Waals surface area contributed by atoms with Crippen molar-refractivity contribution in [3.05, 3.63) is 75.1 Å². The molecule has 3 rings (SSSR count). The van der Waals surface area contributed by atoms with Gasteiger partial charge in [0.1, 0.15) is 11.5 Å². The standard InChI is InChI=1S/C29H26Cl4I4O8Si/c1-4-42-46(43-5-2,44-6-3)9-7-8-41-28-17(36)11-16-19(20-21(29(39)40)23(31)25(33)24(32)22(20)30)15(10-14(35)13-38)18(12-34)45-27(16)26(28)37/h10-13H,4-9H2,1-3H3,(H,39,40). The lowest BCUT2D eigenvalue weighted by atomic mass is 9.86. The van der Waals surface area contributed by atoms with E-state index in [0.717, 1.165) is 0 Å². The molecule has 2 aromatic carbocycles. The van der Waals surface area contributed by atoms with Crippen molar-refractivity contribution in [2.24, 2.45) is 0 Å². The molecule has 1 heterocycles. The third-order valence-electron chi connectivity index (χ3n) is 6.34. The van der Waals surface area contributed by atoms with Gasteiger partial charge in [0.25, 0.3) is 0 Å². The summed E-state index contributed by atoms with van der Waals surface area (Å²) in [6.07, 6.45) is 2.85. The van der Waals surface area contributed by atoms with Gasteiger partial charge in [0.2, 0.25) is 0 Å². The van der Waals surface area contributed by atoms with Crippen LogP contribution in [0.25, 0.3) is 5.57 Å².